The molecule has 0 radical (unpaired) electrons. The fourth-order valence-electron chi connectivity index (χ4n) is 2.47. The minimum absolute atomic E-state index is 0.0450. The number of nitrogens with zero attached hydrogens (tertiary/aromatic N) is 6. The predicted octanol–water partition coefficient (Wildman–Crippen LogP) is 1.08. The predicted molar refractivity (Wildman–Crippen MR) is 107 cm³/mol. The maximum Gasteiger partial charge on any atom is 0.263 e. The standard InChI is InChI=1S/C18H24N8O3/c1-11(2)29-18-12(9-20-10-21-18)22-17(27)14-15(19)24-26-6-5-13(23-16(14)26)28-8-7-25(3)4/h5-6,9-11H,7-8H2,1-4H3,(H2,19,24)(H,22,27). The van der Waals surface area contributed by atoms with Crippen molar-refractivity contribution in [2.45, 2.75) is 20.0 Å². The first kappa shape index (κ1) is 20.3. The topological polar surface area (TPSA) is 133 Å². The van der Waals surface area contributed by atoms with Crippen molar-refractivity contribution in [2.75, 3.05) is 38.3 Å². The molecule has 0 bridgehead atoms. The maximum atomic E-state index is 12.9. The van der Waals surface area contributed by atoms with E-state index in [1.165, 1.54) is 17.0 Å². The average molecular weight is 400 g/mol. The van der Waals surface area contributed by atoms with Crippen LogP contribution in [0.2, 0.25) is 0 Å². The van der Waals surface area contributed by atoms with Crippen molar-refractivity contribution in [1.29, 1.82) is 0 Å². The Bertz CT molecular complexity index is 1000. The van der Waals surface area contributed by atoms with Gasteiger partial charge in [0, 0.05) is 18.8 Å². The lowest BCUT2D eigenvalue weighted by molar-refractivity contribution is 0.102. The van der Waals surface area contributed by atoms with Gasteiger partial charge in [0.1, 0.15) is 24.2 Å². The molecule has 3 aromatic heterocycles. The number of hydrogen-bond donors (Lipinski definition) is 2. The summed E-state index contributed by atoms with van der Waals surface area (Å²) in [6.45, 7) is 4.91. The van der Waals surface area contributed by atoms with Crippen molar-refractivity contribution in [3.05, 3.63) is 30.4 Å². The molecule has 3 rings (SSSR count). The molecule has 3 N–H and O–H groups in total. The van der Waals surface area contributed by atoms with Gasteiger partial charge in [0.15, 0.2) is 11.5 Å². The summed E-state index contributed by atoms with van der Waals surface area (Å²) in [5.74, 6) is 0.182. The molecule has 11 nitrogen and oxygen atoms in total. The molecule has 11 heteroatoms. The van der Waals surface area contributed by atoms with Crippen LogP contribution in [-0.4, -0.2) is 68.7 Å². The van der Waals surface area contributed by atoms with E-state index in [-0.39, 0.29) is 29.0 Å². The van der Waals surface area contributed by atoms with E-state index in [9.17, 15) is 4.79 Å². The smallest absolute Gasteiger partial charge is 0.263 e. The Morgan fingerprint density at radius 1 is 1.38 bits per heavy atom. The maximum absolute atomic E-state index is 12.9. The molecule has 3 aromatic rings. The second-order valence-corrected chi connectivity index (χ2v) is 6.81. The monoisotopic (exact) mass is 400 g/mol. The number of nitrogens with one attached hydrogen (secondary N) is 1. The molecule has 0 aromatic carbocycles. The number of fused-ring (bicyclic) bond motifs is 1. The van der Waals surface area contributed by atoms with Gasteiger partial charge in [-0.05, 0) is 27.9 Å². The van der Waals surface area contributed by atoms with E-state index in [1.54, 1.807) is 12.3 Å². The summed E-state index contributed by atoms with van der Waals surface area (Å²) in [6.07, 6.45) is 4.31. The highest BCUT2D eigenvalue weighted by Crippen LogP contribution is 2.24. The summed E-state index contributed by atoms with van der Waals surface area (Å²) >= 11 is 0. The number of nitrogens with two attached hydrogens (primary N) is 1. The zero-order valence-corrected chi connectivity index (χ0v) is 16.8. The number of nitrogen functional groups attached to an aromatic ring is 1. The van der Waals surface area contributed by atoms with Gasteiger partial charge in [-0.3, -0.25) is 4.79 Å². The number of amides is 1. The van der Waals surface area contributed by atoms with Gasteiger partial charge < -0.3 is 25.4 Å². The molecule has 0 aliphatic carbocycles. The summed E-state index contributed by atoms with van der Waals surface area (Å²) in [7, 11) is 3.90. The Morgan fingerprint density at radius 2 is 2.17 bits per heavy atom. The number of ether oxygens (including phenoxy) is 2. The highest BCUT2D eigenvalue weighted by molar-refractivity contribution is 6.11. The molecule has 3 heterocycles. The van der Waals surface area contributed by atoms with E-state index in [2.05, 4.69) is 25.4 Å². The van der Waals surface area contributed by atoms with Crippen LogP contribution in [-0.2, 0) is 0 Å². The van der Waals surface area contributed by atoms with Crippen molar-refractivity contribution in [2.24, 2.45) is 0 Å². The number of rotatable bonds is 8. The Hall–Kier alpha value is -3.47. The molecule has 0 unspecified atom stereocenters. The van der Waals surface area contributed by atoms with E-state index in [0.29, 0.717) is 18.2 Å². The van der Waals surface area contributed by atoms with Crippen LogP contribution < -0.4 is 20.5 Å². The number of anilines is 2. The van der Waals surface area contributed by atoms with Gasteiger partial charge in [0.25, 0.3) is 5.91 Å². The quantitative estimate of drug-likeness (QED) is 0.570. The van der Waals surface area contributed by atoms with Crippen LogP contribution in [0.3, 0.4) is 0 Å². The van der Waals surface area contributed by atoms with Crippen molar-refractivity contribution >= 4 is 23.1 Å². The molecule has 0 spiro atoms. The normalized spacial score (nSPS) is 11.2. The van der Waals surface area contributed by atoms with Crippen LogP contribution >= 0.6 is 0 Å². The van der Waals surface area contributed by atoms with E-state index in [0.717, 1.165) is 6.54 Å². The minimum atomic E-state index is -0.501. The van der Waals surface area contributed by atoms with Gasteiger partial charge in [0.05, 0.1) is 12.3 Å². The molecule has 154 valence electrons. The second kappa shape index (κ2) is 8.69. The van der Waals surface area contributed by atoms with E-state index < -0.39 is 5.91 Å². The molecular formula is C18H24N8O3. The Kier molecular flexibility index (Phi) is 6.07. The van der Waals surface area contributed by atoms with Crippen LogP contribution in [0.25, 0.3) is 5.65 Å². The molecule has 0 saturated heterocycles. The van der Waals surface area contributed by atoms with Crippen LogP contribution in [0.15, 0.2) is 24.8 Å². The summed E-state index contributed by atoms with van der Waals surface area (Å²) in [5, 5.41) is 6.86. The number of likely N-dealkylation sites (N-methyl/N-ethyl adjacent to an activating group) is 1. The second-order valence-electron chi connectivity index (χ2n) is 6.81. The summed E-state index contributed by atoms with van der Waals surface area (Å²) in [6, 6.07) is 1.66. The Morgan fingerprint density at radius 3 is 2.90 bits per heavy atom. The lowest BCUT2D eigenvalue weighted by atomic mass is 10.2. The number of carbonyl (C=O) groups is 1. The fraction of sp³-hybridized carbons (Fsp3) is 0.389. The third-order valence-corrected chi connectivity index (χ3v) is 3.77. The summed E-state index contributed by atoms with van der Waals surface area (Å²) < 4.78 is 12.7. The van der Waals surface area contributed by atoms with Crippen molar-refractivity contribution in [3.63, 3.8) is 0 Å². The SMILES string of the molecule is CC(C)Oc1ncncc1NC(=O)c1c(N)nn2ccc(OCCN(C)C)nc12. The van der Waals surface area contributed by atoms with Crippen LogP contribution in [0, 0.1) is 0 Å². The molecule has 0 fully saturated rings. The fourth-order valence-corrected chi connectivity index (χ4v) is 2.47. The van der Waals surface area contributed by atoms with Crippen LogP contribution in [0.4, 0.5) is 11.5 Å². The average Bonchev–Trinajstić information content (AvgIpc) is 2.97. The van der Waals surface area contributed by atoms with Crippen LogP contribution in [0.5, 0.6) is 11.8 Å². The zero-order valence-electron chi connectivity index (χ0n) is 16.8. The van der Waals surface area contributed by atoms with Gasteiger partial charge in [-0.25, -0.2) is 9.50 Å². The minimum Gasteiger partial charge on any atom is -0.476 e. The van der Waals surface area contributed by atoms with E-state index >= 15 is 0 Å². The molecule has 0 aliphatic rings. The lowest BCUT2D eigenvalue weighted by Gasteiger charge is -2.13. The largest absolute Gasteiger partial charge is 0.476 e. The van der Waals surface area contributed by atoms with Crippen molar-refractivity contribution in [1.82, 2.24) is 29.5 Å². The van der Waals surface area contributed by atoms with Gasteiger partial charge in [-0.1, -0.05) is 0 Å². The zero-order chi connectivity index (χ0) is 21.0. The van der Waals surface area contributed by atoms with E-state index in [1.807, 2.05) is 32.8 Å². The van der Waals surface area contributed by atoms with Gasteiger partial charge >= 0.3 is 0 Å². The summed E-state index contributed by atoms with van der Waals surface area (Å²) in [4.78, 5) is 27.3. The van der Waals surface area contributed by atoms with Crippen molar-refractivity contribution < 1.29 is 14.3 Å². The molecule has 0 saturated carbocycles. The molecule has 29 heavy (non-hydrogen) atoms. The first-order chi connectivity index (χ1) is 13.8. The van der Waals surface area contributed by atoms with Gasteiger partial charge in [-0.2, -0.15) is 9.97 Å². The molecular weight excluding hydrogens is 376 g/mol. The van der Waals surface area contributed by atoms with Gasteiger partial charge in [-0.15, -0.1) is 5.10 Å². The van der Waals surface area contributed by atoms with Crippen molar-refractivity contribution in [3.8, 4) is 11.8 Å². The highest BCUT2D eigenvalue weighted by Gasteiger charge is 2.22. The van der Waals surface area contributed by atoms with Crippen LogP contribution in [0.1, 0.15) is 24.2 Å². The number of hydrogen-bond acceptors (Lipinski definition) is 9. The summed E-state index contributed by atoms with van der Waals surface area (Å²) in [5.41, 5.74) is 6.71. The first-order valence-electron chi connectivity index (χ1n) is 9.05. The van der Waals surface area contributed by atoms with E-state index in [4.69, 9.17) is 15.2 Å². The number of aromatic nitrogens is 5. The van der Waals surface area contributed by atoms with Gasteiger partial charge in [0.2, 0.25) is 11.8 Å². The Balaban J connectivity index is 1.87. The molecule has 0 aliphatic heterocycles. The molecule has 0 atom stereocenters. The highest BCUT2D eigenvalue weighted by atomic mass is 16.5. The lowest BCUT2D eigenvalue weighted by Crippen LogP contribution is -2.20. The molecule has 1 amide bonds. The number of carbonyl (C=O) groups excluding carboxylic acids is 1. The third-order valence-electron chi connectivity index (χ3n) is 3.77. The Labute approximate surface area is 167 Å². The first-order valence-corrected chi connectivity index (χ1v) is 9.05. The third kappa shape index (κ3) is 4.88.